The van der Waals surface area contributed by atoms with Gasteiger partial charge in [0.2, 0.25) is 0 Å². The fourth-order valence-corrected chi connectivity index (χ4v) is 2.15. The van der Waals surface area contributed by atoms with Crippen LogP contribution in [0.15, 0.2) is 57.2 Å². The molecular formula is C16H12BrN2O5-. The molecule has 7 nitrogen and oxygen atoms in total. The summed E-state index contributed by atoms with van der Waals surface area (Å²) in [6.07, 6.45) is 2.69. The molecular weight excluding hydrogens is 380 g/mol. The summed E-state index contributed by atoms with van der Waals surface area (Å²) < 4.78 is 5.80. The summed E-state index contributed by atoms with van der Waals surface area (Å²) >= 11 is 3.25. The highest BCUT2D eigenvalue weighted by Gasteiger charge is 2.15. The molecule has 2 rings (SSSR count). The number of carbonyl (C=O) groups excluding carboxylic acids is 3. The minimum absolute atomic E-state index is 0.156. The van der Waals surface area contributed by atoms with Crippen LogP contribution in [0.4, 0.5) is 0 Å². The van der Waals surface area contributed by atoms with Gasteiger partial charge in [-0.25, -0.2) is 0 Å². The first-order valence-electron chi connectivity index (χ1n) is 6.76. The van der Waals surface area contributed by atoms with Crippen LogP contribution in [0, 0.1) is 0 Å². The van der Waals surface area contributed by atoms with Crippen LogP contribution in [-0.2, 0) is 9.59 Å². The lowest BCUT2D eigenvalue weighted by atomic mass is 10.2. The molecule has 124 valence electrons. The minimum Gasteiger partial charge on any atom is -0.548 e. The highest BCUT2D eigenvalue weighted by Crippen LogP contribution is 2.12. The van der Waals surface area contributed by atoms with Crippen molar-refractivity contribution in [2.45, 2.75) is 0 Å². The zero-order chi connectivity index (χ0) is 17.5. The van der Waals surface area contributed by atoms with E-state index in [0.717, 1.165) is 0 Å². The maximum absolute atomic E-state index is 12.3. The van der Waals surface area contributed by atoms with Crippen LogP contribution in [0.2, 0.25) is 0 Å². The van der Waals surface area contributed by atoms with Gasteiger partial charge in [0.25, 0.3) is 11.8 Å². The smallest absolute Gasteiger partial charge is 0.268 e. The van der Waals surface area contributed by atoms with Gasteiger partial charge >= 0.3 is 0 Å². The third kappa shape index (κ3) is 5.10. The number of hydrogen-bond donors (Lipinski definition) is 2. The van der Waals surface area contributed by atoms with Crippen LogP contribution in [0.3, 0.4) is 0 Å². The third-order valence-electron chi connectivity index (χ3n) is 2.80. The first kappa shape index (κ1) is 17.5. The SMILES string of the molecule is O=C([O-])CNC(=O)/C(=C/c1ccco1)NC(=O)c1cccc(Br)c1. The summed E-state index contributed by atoms with van der Waals surface area (Å²) in [4.78, 5) is 34.8. The lowest BCUT2D eigenvalue weighted by molar-refractivity contribution is -0.303. The van der Waals surface area contributed by atoms with Gasteiger partial charge in [-0.15, -0.1) is 0 Å². The normalized spacial score (nSPS) is 11.0. The number of hydrogen-bond acceptors (Lipinski definition) is 5. The fourth-order valence-electron chi connectivity index (χ4n) is 1.75. The van der Waals surface area contributed by atoms with Crippen molar-refractivity contribution in [2.24, 2.45) is 0 Å². The largest absolute Gasteiger partial charge is 0.548 e. The molecule has 0 bridgehead atoms. The molecule has 1 aromatic carbocycles. The summed E-state index contributed by atoms with van der Waals surface area (Å²) in [6.45, 7) is -0.679. The molecule has 0 aliphatic rings. The van der Waals surface area contributed by atoms with Crippen molar-refractivity contribution in [3.05, 3.63) is 64.2 Å². The minimum atomic E-state index is -1.45. The van der Waals surface area contributed by atoms with Crippen LogP contribution in [0.5, 0.6) is 0 Å². The average Bonchev–Trinajstić information content (AvgIpc) is 3.05. The zero-order valence-electron chi connectivity index (χ0n) is 12.2. The number of carbonyl (C=O) groups is 3. The Morgan fingerprint density at radius 1 is 1.21 bits per heavy atom. The van der Waals surface area contributed by atoms with Crippen LogP contribution < -0.4 is 15.7 Å². The molecule has 2 aromatic rings. The Balaban J connectivity index is 2.21. The molecule has 24 heavy (non-hydrogen) atoms. The molecule has 0 unspecified atom stereocenters. The Bertz CT molecular complexity index is 784. The lowest BCUT2D eigenvalue weighted by Gasteiger charge is -2.11. The van der Waals surface area contributed by atoms with Crippen molar-refractivity contribution in [1.29, 1.82) is 0 Å². The molecule has 2 amide bonds. The van der Waals surface area contributed by atoms with E-state index < -0.39 is 24.3 Å². The van der Waals surface area contributed by atoms with Gasteiger partial charge in [0.15, 0.2) is 0 Å². The number of halogens is 1. The first-order chi connectivity index (χ1) is 11.5. The maximum atomic E-state index is 12.3. The van der Waals surface area contributed by atoms with E-state index in [9.17, 15) is 19.5 Å². The highest BCUT2D eigenvalue weighted by molar-refractivity contribution is 9.10. The van der Waals surface area contributed by atoms with E-state index in [0.29, 0.717) is 15.8 Å². The predicted molar refractivity (Wildman–Crippen MR) is 86.3 cm³/mol. The van der Waals surface area contributed by atoms with Gasteiger partial charge in [0.1, 0.15) is 11.5 Å². The topological polar surface area (TPSA) is 111 Å². The van der Waals surface area contributed by atoms with Gasteiger partial charge in [-0.1, -0.05) is 22.0 Å². The standard InChI is InChI=1S/C16H13BrN2O5/c17-11-4-1-3-10(7-11)15(22)19-13(8-12-5-2-6-24-12)16(23)18-9-14(20)21/h1-8H,9H2,(H,18,23)(H,19,22)(H,20,21)/p-1/b13-8-. The molecule has 2 N–H and O–H groups in total. The Morgan fingerprint density at radius 2 is 2.00 bits per heavy atom. The van der Waals surface area contributed by atoms with Gasteiger partial charge in [0, 0.05) is 16.1 Å². The molecule has 1 heterocycles. The second-order valence-electron chi connectivity index (χ2n) is 4.59. The maximum Gasteiger partial charge on any atom is 0.268 e. The Labute approximate surface area is 145 Å². The number of furan rings is 1. The number of carboxylic acid groups (broad SMARTS) is 1. The van der Waals surface area contributed by atoms with E-state index in [2.05, 4.69) is 26.6 Å². The molecule has 8 heteroatoms. The number of nitrogens with one attached hydrogen (secondary N) is 2. The van der Waals surface area contributed by atoms with Gasteiger partial charge in [-0.2, -0.15) is 0 Å². The molecule has 1 aromatic heterocycles. The Hall–Kier alpha value is -2.87. The van der Waals surface area contributed by atoms with E-state index in [1.807, 2.05) is 0 Å². The molecule has 0 aliphatic carbocycles. The summed E-state index contributed by atoms with van der Waals surface area (Å²) in [5.41, 5.74) is 0.165. The fraction of sp³-hybridized carbons (Fsp3) is 0.0625. The van der Waals surface area contributed by atoms with Crippen molar-refractivity contribution < 1.29 is 23.9 Å². The summed E-state index contributed by atoms with van der Waals surface area (Å²) in [7, 11) is 0. The van der Waals surface area contributed by atoms with Gasteiger partial charge in [-0.3, -0.25) is 9.59 Å². The average molecular weight is 392 g/mol. The van der Waals surface area contributed by atoms with Crippen molar-refractivity contribution in [2.75, 3.05) is 6.54 Å². The first-order valence-corrected chi connectivity index (χ1v) is 7.55. The molecule has 0 saturated carbocycles. The monoisotopic (exact) mass is 391 g/mol. The number of benzene rings is 1. The van der Waals surface area contributed by atoms with Gasteiger partial charge in [-0.05, 0) is 30.3 Å². The Kier molecular flexibility index (Phi) is 5.91. The van der Waals surface area contributed by atoms with Crippen LogP contribution in [0.25, 0.3) is 6.08 Å². The number of amides is 2. The number of carboxylic acids is 1. The van der Waals surface area contributed by atoms with Crippen molar-refractivity contribution in [3.63, 3.8) is 0 Å². The van der Waals surface area contributed by atoms with E-state index in [-0.39, 0.29) is 5.70 Å². The number of rotatable bonds is 6. The molecule has 0 aliphatic heterocycles. The van der Waals surface area contributed by atoms with Crippen molar-refractivity contribution >= 4 is 39.8 Å². The predicted octanol–water partition coefficient (Wildman–Crippen LogP) is 0.679. The van der Waals surface area contributed by atoms with Crippen molar-refractivity contribution in [3.8, 4) is 0 Å². The van der Waals surface area contributed by atoms with E-state index >= 15 is 0 Å². The summed E-state index contributed by atoms with van der Waals surface area (Å²) in [5, 5.41) is 15.0. The second-order valence-corrected chi connectivity index (χ2v) is 5.51. The van der Waals surface area contributed by atoms with Crippen LogP contribution in [-0.4, -0.2) is 24.3 Å². The highest BCUT2D eigenvalue weighted by atomic mass is 79.9. The molecule has 0 atom stereocenters. The molecule has 0 saturated heterocycles. The van der Waals surface area contributed by atoms with E-state index in [4.69, 9.17) is 4.42 Å². The lowest BCUT2D eigenvalue weighted by Crippen LogP contribution is -2.41. The quantitative estimate of drug-likeness (QED) is 0.703. The van der Waals surface area contributed by atoms with Gasteiger partial charge in [0.05, 0.1) is 18.8 Å². The summed E-state index contributed by atoms with van der Waals surface area (Å²) in [6, 6.07) is 9.77. The zero-order valence-corrected chi connectivity index (χ0v) is 13.8. The van der Waals surface area contributed by atoms with Crippen LogP contribution in [0.1, 0.15) is 16.1 Å². The number of aliphatic carboxylic acids is 1. The Morgan fingerprint density at radius 3 is 2.62 bits per heavy atom. The van der Waals surface area contributed by atoms with Crippen LogP contribution >= 0.6 is 15.9 Å². The third-order valence-corrected chi connectivity index (χ3v) is 3.30. The van der Waals surface area contributed by atoms with E-state index in [1.54, 1.807) is 36.4 Å². The summed E-state index contributed by atoms with van der Waals surface area (Å²) in [5.74, 6) is -2.43. The molecule has 0 spiro atoms. The van der Waals surface area contributed by atoms with Crippen molar-refractivity contribution in [1.82, 2.24) is 10.6 Å². The second kappa shape index (κ2) is 8.11. The van der Waals surface area contributed by atoms with E-state index in [1.165, 1.54) is 12.3 Å². The molecule has 0 radical (unpaired) electrons. The molecule has 0 fully saturated rings. The van der Waals surface area contributed by atoms with Gasteiger partial charge < -0.3 is 25.0 Å².